The zero-order chi connectivity index (χ0) is 24.1. The monoisotopic (exact) mass is 477 g/mol. The third-order valence-corrected chi connectivity index (χ3v) is 5.98. The van der Waals surface area contributed by atoms with Gasteiger partial charge in [-0.05, 0) is 67.6 Å². The van der Waals surface area contributed by atoms with Crippen LogP contribution in [0.1, 0.15) is 26.0 Å². The molecule has 8 nitrogen and oxygen atoms in total. The highest BCUT2D eigenvalue weighted by Gasteiger charge is 2.33. The van der Waals surface area contributed by atoms with E-state index in [1.54, 1.807) is 41.3 Å². The Kier molecular flexibility index (Phi) is 7.12. The number of carbonyl (C=O) groups is 1. The smallest absolute Gasteiger partial charge is 0.280 e. The number of amidine groups is 1. The number of aliphatic imine (C=N–C) groups is 1. The Balaban J connectivity index is 1.61. The molecule has 1 aliphatic heterocycles. The number of amides is 1. The Bertz CT molecular complexity index is 1260. The number of carbonyl (C=O) groups excluding carboxylic acids is 1. The summed E-state index contributed by atoms with van der Waals surface area (Å²) in [7, 11) is 0. The van der Waals surface area contributed by atoms with Gasteiger partial charge in [0, 0.05) is 18.7 Å². The molecule has 2 aromatic carbocycles. The lowest BCUT2D eigenvalue weighted by Crippen LogP contribution is -2.29. The lowest BCUT2D eigenvalue weighted by molar-refractivity contribution is -0.384. The standard InChI is InChI=1S/C25H23N3O5S/c1-3-15-27-24(29)23(34-25(27)26-17-9-11-18(12-10-17)32-4-2)16-19-13-14-22(33-19)20-7-5-6-8-21(20)28(30)31/h5-14,16H,3-4,15H2,1-2H3/b23-16-,26-25?. The van der Waals surface area contributed by atoms with E-state index in [0.29, 0.717) is 40.3 Å². The summed E-state index contributed by atoms with van der Waals surface area (Å²) < 4.78 is 11.3. The van der Waals surface area contributed by atoms with Gasteiger partial charge in [0.1, 0.15) is 17.3 Å². The van der Waals surface area contributed by atoms with Crippen molar-refractivity contribution in [1.29, 1.82) is 0 Å². The zero-order valence-electron chi connectivity index (χ0n) is 18.8. The van der Waals surface area contributed by atoms with Crippen LogP contribution in [0.2, 0.25) is 0 Å². The Morgan fingerprint density at radius 1 is 1.12 bits per heavy atom. The highest BCUT2D eigenvalue weighted by molar-refractivity contribution is 8.18. The number of ether oxygens (including phenoxy) is 1. The Labute approximate surface area is 201 Å². The minimum atomic E-state index is -0.446. The molecule has 174 valence electrons. The first-order chi connectivity index (χ1) is 16.5. The Morgan fingerprint density at radius 2 is 1.88 bits per heavy atom. The summed E-state index contributed by atoms with van der Waals surface area (Å²) in [5.41, 5.74) is 1.06. The predicted octanol–water partition coefficient (Wildman–Crippen LogP) is 6.27. The molecule has 0 N–H and O–H groups in total. The summed E-state index contributed by atoms with van der Waals surface area (Å²) >= 11 is 1.27. The van der Waals surface area contributed by atoms with Crippen molar-refractivity contribution in [2.75, 3.05) is 13.2 Å². The van der Waals surface area contributed by atoms with Gasteiger partial charge in [-0.1, -0.05) is 19.1 Å². The van der Waals surface area contributed by atoms with E-state index in [2.05, 4.69) is 4.99 Å². The number of hydrogen-bond acceptors (Lipinski definition) is 7. The molecule has 0 atom stereocenters. The molecule has 0 radical (unpaired) electrons. The predicted molar refractivity (Wildman–Crippen MR) is 133 cm³/mol. The molecule has 1 aliphatic rings. The minimum Gasteiger partial charge on any atom is -0.494 e. The van der Waals surface area contributed by atoms with E-state index in [0.717, 1.165) is 17.9 Å². The van der Waals surface area contributed by atoms with Crippen LogP contribution in [0.4, 0.5) is 11.4 Å². The lowest BCUT2D eigenvalue weighted by Gasteiger charge is -2.14. The molecule has 1 amide bonds. The van der Waals surface area contributed by atoms with Crippen molar-refractivity contribution in [3.63, 3.8) is 0 Å². The van der Waals surface area contributed by atoms with Crippen LogP contribution in [0.5, 0.6) is 5.75 Å². The maximum atomic E-state index is 13.1. The van der Waals surface area contributed by atoms with Crippen LogP contribution in [-0.4, -0.2) is 34.0 Å². The summed E-state index contributed by atoms with van der Waals surface area (Å²) in [5, 5.41) is 11.9. The van der Waals surface area contributed by atoms with E-state index in [4.69, 9.17) is 9.15 Å². The number of thioether (sulfide) groups is 1. The van der Waals surface area contributed by atoms with Crippen molar-refractivity contribution in [3.05, 3.63) is 81.4 Å². The zero-order valence-corrected chi connectivity index (χ0v) is 19.6. The first-order valence-corrected chi connectivity index (χ1v) is 11.7. The van der Waals surface area contributed by atoms with Gasteiger partial charge in [0.25, 0.3) is 11.6 Å². The van der Waals surface area contributed by atoms with Gasteiger partial charge in [-0.25, -0.2) is 4.99 Å². The quantitative estimate of drug-likeness (QED) is 0.215. The highest BCUT2D eigenvalue weighted by atomic mass is 32.2. The third kappa shape index (κ3) is 5.04. The van der Waals surface area contributed by atoms with Crippen LogP contribution in [0.15, 0.2) is 75.0 Å². The molecule has 0 saturated carbocycles. The molecule has 1 aromatic heterocycles. The average molecular weight is 478 g/mol. The van der Waals surface area contributed by atoms with Crippen molar-refractivity contribution in [2.24, 2.45) is 4.99 Å². The lowest BCUT2D eigenvalue weighted by atomic mass is 10.1. The third-order valence-electron chi connectivity index (χ3n) is 4.97. The number of nitro groups is 1. The molecule has 1 saturated heterocycles. The molecular weight excluding hydrogens is 454 g/mol. The molecule has 0 aliphatic carbocycles. The largest absolute Gasteiger partial charge is 0.494 e. The maximum Gasteiger partial charge on any atom is 0.280 e. The number of furan rings is 1. The number of hydrogen-bond donors (Lipinski definition) is 0. The van der Waals surface area contributed by atoms with Gasteiger partial charge in [0.15, 0.2) is 5.17 Å². The fraction of sp³-hybridized carbons (Fsp3) is 0.200. The second-order valence-corrected chi connectivity index (χ2v) is 8.37. The van der Waals surface area contributed by atoms with Crippen LogP contribution in [0.25, 0.3) is 17.4 Å². The van der Waals surface area contributed by atoms with E-state index < -0.39 is 4.92 Å². The summed E-state index contributed by atoms with van der Waals surface area (Å²) in [6.07, 6.45) is 2.43. The molecule has 1 fully saturated rings. The summed E-state index contributed by atoms with van der Waals surface area (Å²) in [6.45, 7) is 5.05. The number of nitrogens with zero attached hydrogens (tertiary/aromatic N) is 3. The topological polar surface area (TPSA) is 98.2 Å². The van der Waals surface area contributed by atoms with Crippen LogP contribution >= 0.6 is 11.8 Å². The number of nitro benzene ring substituents is 1. The van der Waals surface area contributed by atoms with E-state index >= 15 is 0 Å². The molecular formula is C25H23N3O5S. The van der Waals surface area contributed by atoms with Crippen molar-refractivity contribution in [3.8, 4) is 17.1 Å². The number of benzene rings is 2. The first kappa shape index (κ1) is 23.3. The van der Waals surface area contributed by atoms with Crippen LogP contribution in [-0.2, 0) is 4.79 Å². The summed E-state index contributed by atoms with van der Waals surface area (Å²) in [6, 6.07) is 17.1. The molecule has 0 bridgehead atoms. The Morgan fingerprint density at radius 3 is 2.59 bits per heavy atom. The van der Waals surface area contributed by atoms with Gasteiger partial charge < -0.3 is 9.15 Å². The van der Waals surface area contributed by atoms with Gasteiger partial charge in [0.2, 0.25) is 0 Å². The van der Waals surface area contributed by atoms with Crippen molar-refractivity contribution in [2.45, 2.75) is 20.3 Å². The Hall–Kier alpha value is -3.85. The van der Waals surface area contributed by atoms with Gasteiger partial charge in [-0.15, -0.1) is 0 Å². The van der Waals surface area contributed by atoms with Crippen molar-refractivity contribution < 1.29 is 18.9 Å². The molecule has 4 rings (SSSR count). The fourth-order valence-corrected chi connectivity index (χ4v) is 4.46. The van der Waals surface area contributed by atoms with E-state index in [1.165, 1.54) is 17.8 Å². The van der Waals surface area contributed by atoms with Crippen LogP contribution in [0, 0.1) is 10.1 Å². The van der Waals surface area contributed by atoms with Crippen molar-refractivity contribution in [1.82, 2.24) is 4.90 Å². The van der Waals surface area contributed by atoms with Gasteiger partial charge in [-0.2, -0.15) is 0 Å². The molecule has 0 unspecified atom stereocenters. The summed E-state index contributed by atoms with van der Waals surface area (Å²) in [5.74, 6) is 1.41. The first-order valence-electron chi connectivity index (χ1n) is 10.9. The van der Waals surface area contributed by atoms with E-state index in [9.17, 15) is 14.9 Å². The fourth-order valence-electron chi connectivity index (χ4n) is 3.45. The number of para-hydroxylation sites is 1. The van der Waals surface area contributed by atoms with Gasteiger partial charge in [-0.3, -0.25) is 19.8 Å². The molecule has 3 aromatic rings. The van der Waals surface area contributed by atoms with E-state index in [1.807, 2.05) is 38.1 Å². The highest BCUT2D eigenvalue weighted by Crippen LogP contribution is 2.36. The minimum absolute atomic E-state index is 0.0405. The molecule has 34 heavy (non-hydrogen) atoms. The summed E-state index contributed by atoms with van der Waals surface area (Å²) in [4.78, 5) is 30.7. The maximum absolute atomic E-state index is 13.1. The van der Waals surface area contributed by atoms with E-state index in [-0.39, 0.29) is 11.6 Å². The van der Waals surface area contributed by atoms with Crippen molar-refractivity contribution >= 4 is 40.3 Å². The van der Waals surface area contributed by atoms with Gasteiger partial charge >= 0.3 is 0 Å². The SMILES string of the molecule is CCCN1C(=O)/C(=C/c2ccc(-c3ccccc3[N+](=O)[O-])o2)SC1=Nc1ccc(OCC)cc1. The molecule has 2 heterocycles. The molecule has 0 spiro atoms. The average Bonchev–Trinajstić information content (AvgIpc) is 3.41. The number of rotatable bonds is 8. The normalized spacial score (nSPS) is 15.9. The van der Waals surface area contributed by atoms with Crippen LogP contribution in [0.3, 0.4) is 0 Å². The second kappa shape index (κ2) is 10.4. The van der Waals surface area contributed by atoms with Gasteiger partial charge in [0.05, 0.1) is 27.7 Å². The molecule has 9 heteroatoms. The second-order valence-electron chi connectivity index (χ2n) is 7.37. The van der Waals surface area contributed by atoms with Crippen LogP contribution < -0.4 is 4.74 Å².